The van der Waals surface area contributed by atoms with Gasteiger partial charge in [-0.25, -0.2) is 4.79 Å². The number of carbonyl (C=O) groups is 2. The molecule has 10 nitrogen and oxygen atoms in total. The molecule has 1 aliphatic heterocycles. The highest BCUT2D eigenvalue weighted by molar-refractivity contribution is 5.96. The lowest BCUT2D eigenvalue weighted by atomic mass is 9.96. The molecule has 2 amide bonds. The lowest BCUT2D eigenvalue weighted by Crippen LogP contribution is -2.48. The topological polar surface area (TPSA) is 125 Å². The maximum atomic E-state index is 13.6. The van der Waals surface area contributed by atoms with Crippen LogP contribution in [0.15, 0.2) is 39.9 Å². The van der Waals surface area contributed by atoms with E-state index in [0.717, 1.165) is 24.8 Å². The summed E-state index contributed by atoms with van der Waals surface area (Å²) in [5.41, 5.74) is 5.86. The number of nitrogen functional groups attached to an aromatic ring is 1. The second-order valence-corrected chi connectivity index (χ2v) is 9.27. The van der Waals surface area contributed by atoms with Gasteiger partial charge in [0.05, 0.1) is 19.0 Å². The number of hydrogen-bond donors (Lipinski definition) is 2. The Morgan fingerprint density at radius 2 is 1.89 bits per heavy atom. The first-order chi connectivity index (χ1) is 16.7. The summed E-state index contributed by atoms with van der Waals surface area (Å²) in [5, 5.41) is 0. The first kappa shape index (κ1) is 26.2. The van der Waals surface area contributed by atoms with Gasteiger partial charge in [-0.05, 0) is 31.4 Å². The maximum absolute atomic E-state index is 13.6. The molecule has 2 heterocycles. The predicted molar refractivity (Wildman–Crippen MR) is 136 cm³/mol. The zero-order chi connectivity index (χ0) is 25.5. The molecule has 3 N–H and O–H groups in total. The number of unbranched alkanes of at least 4 members (excludes halogenated alkanes) is 1. The van der Waals surface area contributed by atoms with Crippen LogP contribution in [0.1, 0.15) is 38.2 Å². The van der Waals surface area contributed by atoms with Crippen LogP contribution in [-0.4, -0.2) is 64.9 Å². The highest BCUT2D eigenvalue weighted by Gasteiger charge is 2.30. The van der Waals surface area contributed by atoms with Crippen molar-refractivity contribution in [3.8, 4) is 0 Å². The lowest BCUT2D eigenvalue weighted by molar-refractivity contribution is -0.135. The Morgan fingerprint density at radius 3 is 2.54 bits per heavy atom. The molecule has 2 aromatic rings. The first-order valence-corrected chi connectivity index (χ1v) is 12.1. The molecule has 1 saturated heterocycles. The van der Waals surface area contributed by atoms with Gasteiger partial charge >= 0.3 is 5.69 Å². The minimum absolute atomic E-state index is 0.0178. The molecule has 3 rings (SSSR count). The van der Waals surface area contributed by atoms with Crippen LogP contribution in [0.3, 0.4) is 0 Å². The Bertz CT molecular complexity index is 1140. The molecule has 1 aliphatic rings. The molecule has 35 heavy (non-hydrogen) atoms. The number of amides is 2. The van der Waals surface area contributed by atoms with E-state index in [-0.39, 0.29) is 42.3 Å². The quantitative estimate of drug-likeness (QED) is 0.552. The Balaban J connectivity index is 1.94. The van der Waals surface area contributed by atoms with Crippen LogP contribution >= 0.6 is 0 Å². The summed E-state index contributed by atoms with van der Waals surface area (Å²) in [4.78, 5) is 58.7. The zero-order valence-electron chi connectivity index (χ0n) is 20.8. The van der Waals surface area contributed by atoms with Gasteiger partial charge in [-0.15, -0.1) is 0 Å². The normalized spacial score (nSPS) is 16.1. The van der Waals surface area contributed by atoms with Crippen LogP contribution in [0.4, 0.5) is 11.5 Å². The number of rotatable bonds is 9. The summed E-state index contributed by atoms with van der Waals surface area (Å²) in [7, 11) is 3.47. The standard InChI is InChI=1S/C25H36N6O4/c1-4-5-14-30-22(26)21(23(33)27-25(30)35)31(15-18-10-7-6-8-11-18)20(32)17-29-13-9-12-19(16-29)24(34)28(2)3/h6-8,10-11,19H,4-5,9,12-17,26H2,1-3H3,(H,27,33,35). The SMILES string of the molecule is CCCCn1c(N)c(N(Cc2ccccc2)C(=O)CN2CCCC(C(=O)N(C)C)C2)c(=O)[nH]c1=O. The molecule has 10 heteroatoms. The van der Waals surface area contributed by atoms with Crippen molar-refractivity contribution in [1.82, 2.24) is 19.4 Å². The summed E-state index contributed by atoms with van der Waals surface area (Å²) < 4.78 is 1.32. The van der Waals surface area contributed by atoms with Crippen molar-refractivity contribution in [2.75, 3.05) is 44.4 Å². The molecular formula is C25H36N6O4. The fourth-order valence-corrected chi connectivity index (χ4v) is 4.48. The Morgan fingerprint density at radius 1 is 1.17 bits per heavy atom. The number of H-pyrrole nitrogens is 1. The third kappa shape index (κ3) is 6.39. The average molecular weight is 485 g/mol. The molecule has 1 aromatic heterocycles. The number of likely N-dealkylation sites (tertiary alicyclic amines) is 1. The first-order valence-electron chi connectivity index (χ1n) is 12.1. The Labute approximate surface area is 205 Å². The summed E-state index contributed by atoms with van der Waals surface area (Å²) in [5.74, 6) is -0.453. The Kier molecular flexibility index (Phi) is 8.86. The van der Waals surface area contributed by atoms with Gasteiger partial charge in [0, 0.05) is 27.2 Å². The highest BCUT2D eigenvalue weighted by atomic mass is 16.2. The van der Waals surface area contributed by atoms with Crippen LogP contribution in [-0.2, 0) is 22.7 Å². The van der Waals surface area contributed by atoms with Gasteiger partial charge in [0.1, 0.15) is 5.82 Å². The third-order valence-electron chi connectivity index (χ3n) is 6.36. The minimum Gasteiger partial charge on any atom is -0.383 e. The number of nitrogens with two attached hydrogens (primary N) is 1. The van der Waals surface area contributed by atoms with E-state index in [2.05, 4.69) is 4.98 Å². The zero-order valence-corrected chi connectivity index (χ0v) is 20.8. The fourth-order valence-electron chi connectivity index (χ4n) is 4.48. The van der Waals surface area contributed by atoms with Gasteiger partial charge in [-0.2, -0.15) is 0 Å². The molecule has 0 aliphatic carbocycles. The molecule has 1 fully saturated rings. The number of piperidine rings is 1. The van der Waals surface area contributed by atoms with E-state index in [1.54, 1.807) is 19.0 Å². The number of aromatic nitrogens is 2. The van der Waals surface area contributed by atoms with E-state index < -0.39 is 11.2 Å². The average Bonchev–Trinajstić information content (AvgIpc) is 2.83. The van der Waals surface area contributed by atoms with E-state index in [1.807, 2.05) is 42.2 Å². The number of carbonyl (C=O) groups excluding carboxylic acids is 2. The molecular weight excluding hydrogens is 448 g/mol. The summed E-state index contributed by atoms with van der Waals surface area (Å²) in [6.07, 6.45) is 3.14. The van der Waals surface area contributed by atoms with Crippen molar-refractivity contribution < 1.29 is 9.59 Å². The van der Waals surface area contributed by atoms with Crippen molar-refractivity contribution in [1.29, 1.82) is 0 Å². The molecule has 190 valence electrons. The van der Waals surface area contributed by atoms with Gasteiger partial charge in [0.25, 0.3) is 5.56 Å². The number of nitrogens with zero attached hydrogens (tertiary/aromatic N) is 4. The predicted octanol–water partition coefficient (Wildman–Crippen LogP) is 1.25. The number of benzene rings is 1. The summed E-state index contributed by atoms with van der Waals surface area (Å²) in [6, 6.07) is 9.32. The molecule has 1 unspecified atom stereocenters. The fraction of sp³-hybridized carbons (Fsp3) is 0.520. The largest absolute Gasteiger partial charge is 0.383 e. The van der Waals surface area contributed by atoms with E-state index in [9.17, 15) is 19.2 Å². The third-order valence-corrected chi connectivity index (χ3v) is 6.36. The van der Waals surface area contributed by atoms with Gasteiger partial charge in [-0.1, -0.05) is 43.7 Å². The van der Waals surface area contributed by atoms with Crippen molar-refractivity contribution in [2.24, 2.45) is 5.92 Å². The van der Waals surface area contributed by atoms with Gasteiger partial charge in [0.15, 0.2) is 5.69 Å². The summed E-state index contributed by atoms with van der Waals surface area (Å²) in [6.45, 7) is 3.67. The smallest absolute Gasteiger partial charge is 0.330 e. The van der Waals surface area contributed by atoms with Crippen molar-refractivity contribution in [3.63, 3.8) is 0 Å². The number of hydrogen-bond acceptors (Lipinski definition) is 6. The summed E-state index contributed by atoms with van der Waals surface area (Å²) >= 11 is 0. The van der Waals surface area contributed by atoms with Crippen molar-refractivity contribution >= 4 is 23.3 Å². The van der Waals surface area contributed by atoms with Crippen molar-refractivity contribution in [2.45, 2.75) is 45.7 Å². The second-order valence-electron chi connectivity index (χ2n) is 9.27. The maximum Gasteiger partial charge on any atom is 0.330 e. The number of aromatic amines is 1. The Hall–Kier alpha value is -3.40. The van der Waals surface area contributed by atoms with Gasteiger partial charge in [0.2, 0.25) is 11.8 Å². The minimum atomic E-state index is -0.691. The molecule has 0 spiro atoms. The van der Waals surface area contributed by atoms with Crippen LogP contribution < -0.4 is 21.9 Å². The highest BCUT2D eigenvalue weighted by Crippen LogP contribution is 2.22. The lowest BCUT2D eigenvalue weighted by Gasteiger charge is -2.34. The van der Waals surface area contributed by atoms with Crippen LogP contribution in [0, 0.1) is 5.92 Å². The van der Waals surface area contributed by atoms with Gasteiger partial charge in [-0.3, -0.25) is 33.7 Å². The van der Waals surface area contributed by atoms with Crippen LogP contribution in [0.2, 0.25) is 0 Å². The van der Waals surface area contributed by atoms with E-state index >= 15 is 0 Å². The van der Waals surface area contributed by atoms with E-state index in [1.165, 1.54) is 9.47 Å². The van der Waals surface area contributed by atoms with E-state index in [0.29, 0.717) is 26.1 Å². The monoisotopic (exact) mass is 484 g/mol. The van der Waals surface area contributed by atoms with Crippen LogP contribution in [0.5, 0.6) is 0 Å². The van der Waals surface area contributed by atoms with Crippen molar-refractivity contribution in [3.05, 3.63) is 56.7 Å². The number of nitrogens with one attached hydrogen (secondary N) is 1. The number of anilines is 2. The molecule has 1 atom stereocenters. The molecule has 1 aromatic carbocycles. The molecule has 0 saturated carbocycles. The van der Waals surface area contributed by atoms with E-state index in [4.69, 9.17) is 5.73 Å². The second kappa shape index (κ2) is 11.8. The van der Waals surface area contributed by atoms with Crippen LogP contribution in [0.25, 0.3) is 0 Å². The van der Waals surface area contributed by atoms with Gasteiger partial charge < -0.3 is 10.6 Å². The molecule has 0 bridgehead atoms. The molecule has 0 radical (unpaired) electrons.